The van der Waals surface area contributed by atoms with E-state index in [1.54, 1.807) is 18.5 Å². The Hall–Kier alpha value is -1.80. The first kappa shape index (κ1) is 30.2. The fourth-order valence-electron chi connectivity index (χ4n) is 3.92. The van der Waals surface area contributed by atoms with E-state index in [0.29, 0.717) is 16.5 Å². The molecular formula is C26H44N2O5S. The zero-order valence-electron chi connectivity index (χ0n) is 21.2. The second kappa shape index (κ2) is 17.6. The lowest BCUT2D eigenvalue weighted by molar-refractivity contribution is -0.138. The van der Waals surface area contributed by atoms with Crippen LogP contribution in [0.4, 0.5) is 0 Å². The van der Waals surface area contributed by atoms with Gasteiger partial charge in [0.25, 0.3) is 0 Å². The number of carboxylic acid groups (broad SMARTS) is 2. The number of aromatic nitrogens is 2. The Balaban J connectivity index is 2.56. The molecule has 0 aliphatic rings. The minimum absolute atomic E-state index is 0.103. The molecule has 0 spiro atoms. The number of imidazole rings is 1. The molecule has 0 aliphatic carbocycles. The van der Waals surface area contributed by atoms with Crippen molar-refractivity contribution in [3.05, 3.63) is 23.5 Å². The minimum atomic E-state index is -0.936. The normalized spacial score (nSPS) is 13.4. The Labute approximate surface area is 209 Å². The first-order valence-corrected chi connectivity index (χ1v) is 13.6. The molecule has 34 heavy (non-hydrogen) atoms. The van der Waals surface area contributed by atoms with E-state index in [1.807, 2.05) is 6.08 Å². The molecule has 1 aromatic rings. The smallest absolute Gasteiger partial charge is 0.309 e. The molecule has 2 unspecified atom stereocenters. The Morgan fingerprint density at radius 2 is 1.59 bits per heavy atom. The average molecular weight is 497 g/mol. The van der Waals surface area contributed by atoms with Crippen molar-refractivity contribution in [2.24, 2.45) is 7.05 Å². The molecule has 0 aromatic carbocycles. The maximum absolute atomic E-state index is 11.1. The average Bonchev–Trinajstić information content (AvgIpc) is 3.04. The van der Waals surface area contributed by atoms with Crippen molar-refractivity contribution in [3.8, 4) is 0 Å². The molecule has 0 aliphatic heterocycles. The molecule has 0 saturated heterocycles. The van der Waals surface area contributed by atoms with Crippen LogP contribution in [0, 0.1) is 6.92 Å². The number of allylic oxidation sites excluding steroid dienone is 1. The highest BCUT2D eigenvalue weighted by molar-refractivity contribution is 8.00. The van der Waals surface area contributed by atoms with Gasteiger partial charge in [-0.25, -0.2) is 4.98 Å². The lowest BCUT2D eigenvalue weighted by Crippen LogP contribution is -2.22. The number of thioether (sulfide) groups is 1. The van der Waals surface area contributed by atoms with E-state index in [4.69, 9.17) is 10.2 Å². The van der Waals surface area contributed by atoms with Gasteiger partial charge in [0.05, 0.1) is 29.2 Å². The lowest BCUT2D eigenvalue weighted by atomic mass is 10.1. The maximum atomic E-state index is 11.1. The summed E-state index contributed by atoms with van der Waals surface area (Å²) >= 11 is 1.35. The van der Waals surface area contributed by atoms with Crippen LogP contribution < -0.4 is 0 Å². The predicted molar refractivity (Wildman–Crippen MR) is 137 cm³/mol. The topological polar surface area (TPSA) is 113 Å². The van der Waals surface area contributed by atoms with Crippen LogP contribution in [-0.2, 0) is 23.1 Å². The van der Waals surface area contributed by atoms with Crippen molar-refractivity contribution in [2.75, 3.05) is 0 Å². The Kier molecular flexibility index (Phi) is 15.7. The molecular weight excluding hydrogens is 452 g/mol. The second-order valence-corrected chi connectivity index (χ2v) is 10.2. The van der Waals surface area contributed by atoms with Gasteiger partial charge in [-0.2, -0.15) is 0 Å². The monoisotopic (exact) mass is 496 g/mol. The number of unbranched alkanes of at least 4 members (excludes halogenated alkanes) is 10. The van der Waals surface area contributed by atoms with Gasteiger partial charge in [-0.05, 0) is 26.2 Å². The fraction of sp³-hybridized carbons (Fsp3) is 0.731. The van der Waals surface area contributed by atoms with Gasteiger partial charge in [-0.15, -0.1) is 0 Å². The summed E-state index contributed by atoms with van der Waals surface area (Å²) in [4.78, 5) is 26.6. The summed E-state index contributed by atoms with van der Waals surface area (Å²) in [6.07, 6.45) is 16.9. The molecule has 0 fully saturated rings. The van der Waals surface area contributed by atoms with Crippen LogP contribution in [0.3, 0.4) is 0 Å². The number of aryl methyl sites for hydroxylation is 1. The third-order valence-electron chi connectivity index (χ3n) is 6.02. The van der Waals surface area contributed by atoms with Crippen LogP contribution in [0.2, 0.25) is 0 Å². The summed E-state index contributed by atoms with van der Waals surface area (Å²) < 4.78 is 1.75. The zero-order chi connectivity index (χ0) is 25.3. The highest BCUT2D eigenvalue weighted by Crippen LogP contribution is 2.29. The summed E-state index contributed by atoms with van der Waals surface area (Å²) in [5.41, 5.74) is 1.28. The van der Waals surface area contributed by atoms with Crippen LogP contribution in [-0.4, -0.2) is 48.2 Å². The molecule has 0 saturated carbocycles. The number of hydrogen-bond acceptors (Lipinski definition) is 5. The number of carboxylic acids is 2. The van der Waals surface area contributed by atoms with Gasteiger partial charge in [-0.3, -0.25) is 9.59 Å². The molecule has 1 heterocycles. The molecule has 0 amide bonds. The standard InChI is InChI=1S/C26H44N2O5S/c1-4-5-6-7-8-9-10-11-12-13-14-15-16-23(22(29)17-18-24(30)31)34-26-27-20(2)21(28(26)3)19-25(32)33/h15-16,22-23,29H,4-14,17-19H2,1-3H3,(H,30,31)(H,32,33)/b16-15-. The van der Waals surface area contributed by atoms with Crippen LogP contribution in [0.25, 0.3) is 0 Å². The molecule has 1 rings (SSSR count). The number of rotatable bonds is 20. The largest absolute Gasteiger partial charge is 0.481 e. The number of hydrogen-bond donors (Lipinski definition) is 3. The van der Waals surface area contributed by atoms with Crippen LogP contribution in [0.5, 0.6) is 0 Å². The van der Waals surface area contributed by atoms with Crippen molar-refractivity contribution in [1.82, 2.24) is 9.55 Å². The third-order valence-corrected chi connectivity index (χ3v) is 7.34. The number of nitrogens with zero attached hydrogens (tertiary/aromatic N) is 2. The first-order chi connectivity index (χ1) is 16.3. The van der Waals surface area contributed by atoms with Crippen LogP contribution >= 0.6 is 11.8 Å². The molecule has 7 nitrogen and oxygen atoms in total. The van der Waals surface area contributed by atoms with Gasteiger partial charge in [0.15, 0.2) is 5.16 Å². The van der Waals surface area contributed by atoms with Crippen molar-refractivity contribution in [2.45, 2.75) is 120 Å². The van der Waals surface area contributed by atoms with Gasteiger partial charge in [0.1, 0.15) is 0 Å². The lowest BCUT2D eigenvalue weighted by Gasteiger charge is -2.19. The van der Waals surface area contributed by atoms with Gasteiger partial charge in [0.2, 0.25) is 0 Å². The van der Waals surface area contributed by atoms with E-state index in [9.17, 15) is 14.7 Å². The Morgan fingerprint density at radius 3 is 2.15 bits per heavy atom. The Bertz CT molecular complexity index is 763. The zero-order valence-corrected chi connectivity index (χ0v) is 22.0. The number of aliphatic carboxylic acids is 2. The maximum Gasteiger partial charge on any atom is 0.309 e. The predicted octanol–water partition coefficient (Wildman–Crippen LogP) is 5.91. The van der Waals surface area contributed by atoms with Gasteiger partial charge in [-0.1, -0.05) is 88.6 Å². The van der Waals surface area contributed by atoms with E-state index in [2.05, 4.69) is 18.0 Å². The summed E-state index contributed by atoms with van der Waals surface area (Å²) in [7, 11) is 1.77. The highest BCUT2D eigenvalue weighted by Gasteiger charge is 2.23. The van der Waals surface area contributed by atoms with Crippen molar-refractivity contribution >= 4 is 23.7 Å². The van der Waals surface area contributed by atoms with Crippen molar-refractivity contribution in [3.63, 3.8) is 0 Å². The minimum Gasteiger partial charge on any atom is -0.481 e. The molecule has 0 bridgehead atoms. The Morgan fingerprint density at radius 1 is 1.00 bits per heavy atom. The molecule has 1 aromatic heterocycles. The van der Waals surface area contributed by atoms with E-state index in [1.165, 1.54) is 69.5 Å². The van der Waals surface area contributed by atoms with E-state index in [-0.39, 0.29) is 24.5 Å². The molecule has 0 radical (unpaired) electrons. The van der Waals surface area contributed by atoms with Crippen LogP contribution in [0.15, 0.2) is 17.3 Å². The fourth-order valence-corrected chi connectivity index (χ4v) is 5.10. The van der Waals surface area contributed by atoms with Gasteiger partial charge in [0, 0.05) is 13.5 Å². The first-order valence-electron chi connectivity index (χ1n) is 12.7. The van der Waals surface area contributed by atoms with E-state index >= 15 is 0 Å². The number of carbonyl (C=O) groups is 2. The van der Waals surface area contributed by atoms with E-state index < -0.39 is 18.0 Å². The highest BCUT2D eigenvalue weighted by atomic mass is 32.2. The SMILES string of the molecule is CCCCCCCCCCCC/C=C\C(Sc1nc(C)c(CC(=O)O)n1C)C(O)CCC(=O)O. The summed E-state index contributed by atoms with van der Waals surface area (Å²) in [5, 5.41) is 29.0. The molecule has 3 N–H and O–H groups in total. The van der Waals surface area contributed by atoms with Crippen LogP contribution in [0.1, 0.15) is 102 Å². The third kappa shape index (κ3) is 12.6. The van der Waals surface area contributed by atoms with Gasteiger partial charge >= 0.3 is 11.9 Å². The van der Waals surface area contributed by atoms with Crippen molar-refractivity contribution in [1.29, 1.82) is 0 Å². The summed E-state index contributed by atoms with van der Waals surface area (Å²) in [6.45, 7) is 4.02. The molecule has 8 heteroatoms. The number of aliphatic hydroxyl groups is 1. The second-order valence-electron chi connectivity index (χ2n) is 9.04. The van der Waals surface area contributed by atoms with E-state index in [0.717, 1.165) is 12.8 Å². The quantitative estimate of drug-likeness (QED) is 0.117. The summed E-state index contributed by atoms with van der Waals surface area (Å²) in [6, 6.07) is 0. The number of aliphatic hydroxyl groups excluding tert-OH is 1. The molecule has 194 valence electrons. The summed E-state index contributed by atoms with van der Waals surface area (Å²) in [5.74, 6) is -1.86. The molecule has 2 atom stereocenters. The van der Waals surface area contributed by atoms with Crippen molar-refractivity contribution < 1.29 is 24.9 Å². The van der Waals surface area contributed by atoms with Gasteiger partial charge < -0.3 is 19.9 Å².